The van der Waals surface area contributed by atoms with Crippen LogP contribution in [0.25, 0.3) is 0 Å². The SMILES string of the molecule is c1ncc(NCC2C3CNCC32)nn1. The van der Waals surface area contributed by atoms with E-state index in [-0.39, 0.29) is 0 Å². The van der Waals surface area contributed by atoms with Crippen molar-refractivity contribution in [1.82, 2.24) is 20.5 Å². The van der Waals surface area contributed by atoms with E-state index in [4.69, 9.17) is 0 Å². The molecule has 74 valence electrons. The first-order valence-electron chi connectivity index (χ1n) is 5.02. The van der Waals surface area contributed by atoms with Crippen LogP contribution in [0.4, 0.5) is 5.82 Å². The van der Waals surface area contributed by atoms with Crippen LogP contribution in [0.3, 0.4) is 0 Å². The van der Waals surface area contributed by atoms with E-state index in [9.17, 15) is 0 Å². The summed E-state index contributed by atoms with van der Waals surface area (Å²) < 4.78 is 0. The summed E-state index contributed by atoms with van der Waals surface area (Å²) in [6.07, 6.45) is 3.16. The first-order valence-corrected chi connectivity index (χ1v) is 5.02. The molecule has 1 saturated heterocycles. The van der Waals surface area contributed by atoms with E-state index >= 15 is 0 Å². The predicted molar refractivity (Wildman–Crippen MR) is 51.7 cm³/mol. The number of aromatic nitrogens is 3. The molecule has 2 unspecified atom stereocenters. The lowest BCUT2D eigenvalue weighted by Crippen LogP contribution is -2.18. The average molecular weight is 191 g/mol. The Morgan fingerprint density at radius 3 is 3.00 bits per heavy atom. The molecule has 0 aromatic carbocycles. The lowest BCUT2D eigenvalue weighted by Gasteiger charge is -2.05. The molecule has 1 aromatic heterocycles. The van der Waals surface area contributed by atoms with Gasteiger partial charge in [0.2, 0.25) is 0 Å². The summed E-state index contributed by atoms with van der Waals surface area (Å²) in [5.74, 6) is 3.41. The van der Waals surface area contributed by atoms with Crippen molar-refractivity contribution in [2.24, 2.45) is 17.8 Å². The second-order valence-electron chi connectivity index (χ2n) is 4.03. The molecule has 2 N–H and O–H groups in total. The van der Waals surface area contributed by atoms with Crippen LogP contribution in [0.2, 0.25) is 0 Å². The Bertz CT molecular complexity index is 304. The van der Waals surface area contributed by atoms with Gasteiger partial charge in [-0.05, 0) is 30.8 Å². The normalized spacial score (nSPS) is 33.9. The molecule has 3 rings (SSSR count). The lowest BCUT2D eigenvalue weighted by molar-refractivity contribution is 0.614. The predicted octanol–water partition coefficient (Wildman–Crippen LogP) is -0.251. The van der Waals surface area contributed by atoms with Gasteiger partial charge in [0.05, 0.1) is 6.20 Å². The van der Waals surface area contributed by atoms with Gasteiger partial charge in [-0.3, -0.25) is 0 Å². The van der Waals surface area contributed by atoms with Crippen LogP contribution >= 0.6 is 0 Å². The van der Waals surface area contributed by atoms with E-state index in [2.05, 4.69) is 25.8 Å². The van der Waals surface area contributed by atoms with Gasteiger partial charge in [0.1, 0.15) is 6.33 Å². The summed E-state index contributed by atoms with van der Waals surface area (Å²) in [7, 11) is 0. The Balaban J connectivity index is 1.52. The molecule has 2 heterocycles. The molecule has 2 fully saturated rings. The highest BCUT2D eigenvalue weighted by Gasteiger charge is 2.52. The highest BCUT2D eigenvalue weighted by atomic mass is 15.2. The van der Waals surface area contributed by atoms with E-state index in [0.717, 1.165) is 30.1 Å². The topological polar surface area (TPSA) is 62.7 Å². The van der Waals surface area contributed by atoms with Gasteiger partial charge in [-0.15, -0.1) is 10.2 Å². The molecule has 5 heteroatoms. The van der Waals surface area contributed by atoms with E-state index in [0.29, 0.717) is 0 Å². The molecule has 1 saturated carbocycles. The minimum atomic E-state index is 0.783. The van der Waals surface area contributed by atoms with Crippen molar-refractivity contribution in [2.75, 3.05) is 25.0 Å². The number of hydrogen-bond acceptors (Lipinski definition) is 5. The Hall–Kier alpha value is -1.23. The van der Waals surface area contributed by atoms with Crippen LogP contribution in [0.1, 0.15) is 0 Å². The highest BCUT2D eigenvalue weighted by molar-refractivity contribution is 5.29. The summed E-state index contributed by atoms with van der Waals surface area (Å²) in [6.45, 7) is 3.39. The van der Waals surface area contributed by atoms with Crippen LogP contribution in [0.5, 0.6) is 0 Å². The lowest BCUT2D eigenvalue weighted by atomic mass is 10.3. The number of piperidine rings is 1. The maximum absolute atomic E-state index is 3.93. The summed E-state index contributed by atoms with van der Waals surface area (Å²) in [4.78, 5) is 3.91. The second kappa shape index (κ2) is 3.16. The number of fused-ring (bicyclic) bond motifs is 1. The van der Waals surface area contributed by atoms with Gasteiger partial charge in [0.15, 0.2) is 5.82 Å². The minimum absolute atomic E-state index is 0.783. The van der Waals surface area contributed by atoms with Gasteiger partial charge in [-0.1, -0.05) is 0 Å². The maximum atomic E-state index is 3.93. The number of rotatable bonds is 3. The van der Waals surface area contributed by atoms with E-state index in [1.807, 2.05) is 0 Å². The highest BCUT2D eigenvalue weighted by Crippen LogP contribution is 2.48. The molecule has 2 atom stereocenters. The molecule has 0 radical (unpaired) electrons. The van der Waals surface area contributed by atoms with Crippen molar-refractivity contribution >= 4 is 5.82 Å². The monoisotopic (exact) mass is 191 g/mol. The van der Waals surface area contributed by atoms with Crippen LogP contribution < -0.4 is 10.6 Å². The van der Waals surface area contributed by atoms with Crippen LogP contribution in [-0.2, 0) is 0 Å². The van der Waals surface area contributed by atoms with Gasteiger partial charge in [0.25, 0.3) is 0 Å². The molecule has 1 aliphatic carbocycles. The zero-order chi connectivity index (χ0) is 9.38. The Kier molecular flexibility index (Phi) is 1.83. The zero-order valence-electron chi connectivity index (χ0n) is 7.85. The molecule has 1 aromatic rings. The zero-order valence-corrected chi connectivity index (χ0v) is 7.85. The van der Waals surface area contributed by atoms with Crippen molar-refractivity contribution in [3.05, 3.63) is 12.5 Å². The van der Waals surface area contributed by atoms with Crippen molar-refractivity contribution in [3.63, 3.8) is 0 Å². The first-order chi connectivity index (χ1) is 6.95. The van der Waals surface area contributed by atoms with Gasteiger partial charge in [0, 0.05) is 6.54 Å². The largest absolute Gasteiger partial charge is 0.367 e. The van der Waals surface area contributed by atoms with Crippen molar-refractivity contribution in [3.8, 4) is 0 Å². The maximum Gasteiger partial charge on any atom is 0.167 e. The quantitative estimate of drug-likeness (QED) is 0.689. The fraction of sp³-hybridized carbons (Fsp3) is 0.667. The summed E-state index contributed by atoms with van der Waals surface area (Å²) in [5.41, 5.74) is 0. The second-order valence-corrected chi connectivity index (χ2v) is 4.03. The van der Waals surface area contributed by atoms with Crippen molar-refractivity contribution in [2.45, 2.75) is 0 Å². The summed E-state index contributed by atoms with van der Waals surface area (Å²) in [5, 5.41) is 14.3. The first kappa shape index (κ1) is 8.11. The fourth-order valence-electron chi connectivity index (χ4n) is 2.40. The standard InChI is InChI=1S/C9H13N5/c1-6-7(2-10-1)8(6)3-12-9-4-11-5-13-14-9/h4-8,10H,1-3H2,(H,12,14). The minimum Gasteiger partial charge on any atom is -0.367 e. The van der Waals surface area contributed by atoms with Crippen LogP contribution in [-0.4, -0.2) is 34.8 Å². The third-order valence-corrected chi connectivity index (χ3v) is 3.27. The van der Waals surface area contributed by atoms with Crippen LogP contribution in [0.15, 0.2) is 12.5 Å². The smallest absolute Gasteiger partial charge is 0.167 e. The van der Waals surface area contributed by atoms with Gasteiger partial charge < -0.3 is 10.6 Å². The number of nitrogens with one attached hydrogen (secondary N) is 2. The third-order valence-electron chi connectivity index (χ3n) is 3.27. The fourth-order valence-corrected chi connectivity index (χ4v) is 2.40. The van der Waals surface area contributed by atoms with E-state index in [1.54, 1.807) is 6.20 Å². The number of anilines is 1. The van der Waals surface area contributed by atoms with Gasteiger partial charge in [-0.25, -0.2) is 4.98 Å². The molecular formula is C9H13N5. The van der Waals surface area contributed by atoms with Crippen LogP contribution in [0, 0.1) is 17.8 Å². The Morgan fingerprint density at radius 1 is 1.43 bits per heavy atom. The Morgan fingerprint density at radius 2 is 2.29 bits per heavy atom. The van der Waals surface area contributed by atoms with Gasteiger partial charge >= 0.3 is 0 Å². The molecular weight excluding hydrogens is 178 g/mol. The Labute approximate surface area is 82.3 Å². The third kappa shape index (κ3) is 1.33. The molecule has 5 nitrogen and oxygen atoms in total. The molecule has 0 spiro atoms. The number of hydrogen-bond donors (Lipinski definition) is 2. The summed E-state index contributed by atoms with van der Waals surface area (Å²) in [6, 6.07) is 0. The molecule has 1 aliphatic heterocycles. The van der Waals surface area contributed by atoms with E-state index < -0.39 is 0 Å². The number of nitrogens with zero attached hydrogens (tertiary/aromatic N) is 3. The van der Waals surface area contributed by atoms with E-state index in [1.165, 1.54) is 19.4 Å². The molecule has 0 bridgehead atoms. The van der Waals surface area contributed by atoms with Gasteiger partial charge in [-0.2, -0.15) is 0 Å². The average Bonchev–Trinajstić information content (AvgIpc) is 2.69. The molecule has 2 aliphatic rings. The molecule has 0 amide bonds. The molecule has 14 heavy (non-hydrogen) atoms. The summed E-state index contributed by atoms with van der Waals surface area (Å²) >= 11 is 0. The van der Waals surface area contributed by atoms with Crippen molar-refractivity contribution in [1.29, 1.82) is 0 Å². The van der Waals surface area contributed by atoms with Crippen molar-refractivity contribution < 1.29 is 0 Å².